The number of aromatic nitrogens is 3. The van der Waals surface area contributed by atoms with Gasteiger partial charge in [0.25, 0.3) is 0 Å². The Hall–Kier alpha value is -1.72. The van der Waals surface area contributed by atoms with Crippen molar-refractivity contribution in [2.45, 2.75) is 58.8 Å². The zero-order valence-corrected chi connectivity index (χ0v) is 15.4. The molecule has 134 valence electrons. The zero-order valence-electron chi connectivity index (χ0n) is 15.4. The van der Waals surface area contributed by atoms with E-state index in [1.54, 1.807) is 0 Å². The third-order valence-corrected chi connectivity index (χ3v) is 6.19. The Bertz CT molecular complexity index is 716. The van der Waals surface area contributed by atoms with Gasteiger partial charge in [0, 0.05) is 43.9 Å². The predicted molar refractivity (Wildman–Crippen MR) is 99.1 cm³/mol. The molecule has 2 aliphatic rings. The monoisotopic (exact) mass is 339 g/mol. The van der Waals surface area contributed by atoms with Gasteiger partial charge in [-0.2, -0.15) is 0 Å². The molecule has 2 fully saturated rings. The highest BCUT2D eigenvalue weighted by Crippen LogP contribution is 2.56. The Morgan fingerprint density at radius 3 is 2.88 bits per heavy atom. The van der Waals surface area contributed by atoms with Crippen LogP contribution >= 0.6 is 0 Å². The molecule has 1 saturated carbocycles. The van der Waals surface area contributed by atoms with Gasteiger partial charge in [-0.15, -0.1) is 0 Å². The second-order valence-corrected chi connectivity index (χ2v) is 7.67. The van der Waals surface area contributed by atoms with E-state index < -0.39 is 0 Å². The van der Waals surface area contributed by atoms with Crippen LogP contribution in [-0.4, -0.2) is 38.6 Å². The molecule has 1 spiro atoms. The summed E-state index contributed by atoms with van der Waals surface area (Å²) < 4.78 is 2.26. The van der Waals surface area contributed by atoms with Crippen LogP contribution in [0.2, 0.25) is 0 Å². The Balaban J connectivity index is 1.56. The fourth-order valence-electron chi connectivity index (χ4n) is 4.42. The molecule has 2 aromatic heterocycles. The maximum absolute atomic E-state index is 4.63. The average Bonchev–Trinajstić information content (AvgIpc) is 3.12. The molecule has 4 rings (SSSR count). The van der Waals surface area contributed by atoms with E-state index in [0.717, 1.165) is 19.6 Å². The highest BCUT2D eigenvalue weighted by atomic mass is 15.2. The molecule has 3 heterocycles. The summed E-state index contributed by atoms with van der Waals surface area (Å²) in [4.78, 5) is 11.6. The Kier molecular flexibility index (Phi) is 4.61. The van der Waals surface area contributed by atoms with Gasteiger partial charge < -0.3 is 9.88 Å². The molecule has 1 aliphatic carbocycles. The van der Waals surface area contributed by atoms with Gasteiger partial charge in [-0.05, 0) is 68.8 Å². The summed E-state index contributed by atoms with van der Waals surface area (Å²) in [6.45, 7) is 9.58. The molecule has 2 aromatic rings. The molecular weight excluding hydrogens is 310 g/mol. The van der Waals surface area contributed by atoms with Crippen molar-refractivity contribution in [2.75, 3.05) is 13.1 Å². The van der Waals surface area contributed by atoms with Crippen LogP contribution < -0.4 is 5.32 Å². The number of pyridine rings is 1. The SMILES string of the molecule is CCn1ccnc1CN(Cc1cnccc1C)C1CC12CCNCC2. The van der Waals surface area contributed by atoms with E-state index in [1.807, 2.05) is 18.6 Å². The lowest BCUT2D eigenvalue weighted by molar-refractivity contribution is 0.182. The number of hydrogen-bond acceptors (Lipinski definition) is 4. The molecule has 0 radical (unpaired) electrons. The molecule has 1 unspecified atom stereocenters. The van der Waals surface area contributed by atoms with E-state index in [9.17, 15) is 0 Å². The zero-order chi connectivity index (χ0) is 17.3. The normalized spacial score (nSPS) is 21.8. The van der Waals surface area contributed by atoms with Crippen LogP contribution in [-0.2, 0) is 19.6 Å². The quantitative estimate of drug-likeness (QED) is 0.879. The fourth-order valence-corrected chi connectivity index (χ4v) is 4.42. The van der Waals surface area contributed by atoms with Gasteiger partial charge in [0.05, 0.1) is 6.54 Å². The molecule has 1 saturated heterocycles. The third kappa shape index (κ3) is 3.35. The molecule has 0 amide bonds. The van der Waals surface area contributed by atoms with Crippen LogP contribution in [0.4, 0.5) is 0 Å². The average molecular weight is 339 g/mol. The van der Waals surface area contributed by atoms with Crippen molar-refractivity contribution < 1.29 is 0 Å². The summed E-state index contributed by atoms with van der Waals surface area (Å²) in [6.07, 6.45) is 11.9. The number of nitrogens with one attached hydrogen (secondary N) is 1. The Morgan fingerprint density at radius 1 is 1.28 bits per heavy atom. The number of hydrogen-bond donors (Lipinski definition) is 1. The molecule has 5 nitrogen and oxygen atoms in total. The van der Waals surface area contributed by atoms with E-state index in [4.69, 9.17) is 0 Å². The van der Waals surface area contributed by atoms with Crippen LogP contribution in [0.15, 0.2) is 30.9 Å². The first kappa shape index (κ1) is 16.7. The standard InChI is InChI=1S/C20H29N5/c1-3-24-11-10-23-19(24)15-25(14-17-13-22-7-4-16(17)2)18-12-20(18)5-8-21-9-6-20/h4,7,10-11,13,18,21H,3,5-6,8-9,12,14-15H2,1-2H3. The number of piperidine rings is 1. The molecule has 1 aliphatic heterocycles. The minimum absolute atomic E-state index is 0.533. The Morgan fingerprint density at radius 2 is 2.12 bits per heavy atom. The summed E-state index contributed by atoms with van der Waals surface area (Å²) in [5.41, 5.74) is 3.21. The van der Waals surface area contributed by atoms with E-state index in [1.165, 1.54) is 49.3 Å². The van der Waals surface area contributed by atoms with Crippen molar-refractivity contribution in [3.05, 3.63) is 47.8 Å². The Labute approximate surface area is 150 Å². The van der Waals surface area contributed by atoms with Crippen LogP contribution in [0, 0.1) is 12.3 Å². The lowest BCUT2D eigenvalue weighted by Gasteiger charge is -2.30. The number of aryl methyl sites for hydroxylation is 2. The minimum atomic E-state index is 0.533. The first-order valence-corrected chi connectivity index (χ1v) is 9.56. The van der Waals surface area contributed by atoms with Gasteiger partial charge in [0.15, 0.2) is 0 Å². The molecule has 1 atom stereocenters. The summed E-state index contributed by atoms with van der Waals surface area (Å²) in [7, 11) is 0. The van der Waals surface area contributed by atoms with E-state index in [-0.39, 0.29) is 0 Å². The van der Waals surface area contributed by atoms with Crippen LogP contribution in [0.25, 0.3) is 0 Å². The summed E-state index contributed by atoms with van der Waals surface area (Å²) >= 11 is 0. The highest BCUT2D eigenvalue weighted by Gasteiger charge is 2.56. The highest BCUT2D eigenvalue weighted by molar-refractivity contribution is 5.22. The van der Waals surface area contributed by atoms with Gasteiger partial charge in [0.1, 0.15) is 5.82 Å². The lowest BCUT2D eigenvalue weighted by atomic mass is 9.93. The van der Waals surface area contributed by atoms with Crippen molar-refractivity contribution in [3.8, 4) is 0 Å². The van der Waals surface area contributed by atoms with Gasteiger partial charge in [-0.1, -0.05) is 0 Å². The molecule has 0 bridgehead atoms. The van der Waals surface area contributed by atoms with Crippen molar-refractivity contribution in [2.24, 2.45) is 5.41 Å². The van der Waals surface area contributed by atoms with Gasteiger partial charge >= 0.3 is 0 Å². The van der Waals surface area contributed by atoms with E-state index in [2.05, 4.69) is 50.9 Å². The van der Waals surface area contributed by atoms with Crippen LogP contribution in [0.3, 0.4) is 0 Å². The van der Waals surface area contributed by atoms with Gasteiger partial charge in [0.2, 0.25) is 0 Å². The largest absolute Gasteiger partial charge is 0.334 e. The maximum atomic E-state index is 4.63. The van der Waals surface area contributed by atoms with E-state index in [0.29, 0.717) is 11.5 Å². The molecule has 5 heteroatoms. The maximum Gasteiger partial charge on any atom is 0.122 e. The number of imidazole rings is 1. The summed E-state index contributed by atoms with van der Waals surface area (Å²) in [6, 6.07) is 2.80. The fraction of sp³-hybridized carbons (Fsp3) is 0.600. The van der Waals surface area contributed by atoms with Gasteiger partial charge in [-0.25, -0.2) is 4.98 Å². The molecule has 0 aromatic carbocycles. The van der Waals surface area contributed by atoms with Gasteiger partial charge in [-0.3, -0.25) is 9.88 Å². The number of rotatable bonds is 6. The van der Waals surface area contributed by atoms with Crippen molar-refractivity contribution >= 4 is 0 Å². The minimum Gasteiger partial charge on any atom is -0.334 e. The van der Waals surface area contributed by atoms with Crippen molar-refractivity contribution in [1.82, 2.24) is 24.8 Å². The summed E-state index contributed by atoms with van der Waals surface area (Å²) in [5.74, 6) is 1.18. The predicted octanol–water partition coefficient (Wildman–Crippen LogP) is 2.75. The molecule has 25 heavy (non-hydrogen) atoms. The number of nitrogens with zero attached hydrogens (tertiary/aromatic N) is 4. The smallest absolute Gasteiger partial charge is 0.122 e. The summed E-state index contributed by atoms with van der Waals surface area (Å²) in [5, 5.41) is 3.52. The van der Waals surface area contributed by atoms with Crippen LogP contribution in [0.5, 0.6) is 0 Å². The third-order valence-electron chi connectivity index (χ3n) is 6.19. The van der Waals surface area contributed by atoms with Crippen molar-refractivity contribution in [3.63, 3.8) is 0 Å². The van der Waals surface area contributed by atoms with E-state index >= 15 is 0 Å². The lowest BCUT2D eigenvalue weighted by Crippen LogP contribution is -2.36. The molecule has 1 N–H and O–H groups in total. The van der Waals surface area contributed by atoms with Crippen molar-refractivity contribution in [1.29, 1.82) is 0 Å². The first-order chi connectivity index (χ1) is 12.2. The van der Waals surface area contributed by atoms with Crippen LogP contribution in [0.1, 0.15) is 43.1 Å². The second-order valence-electron chi connectivity index (χ2n) is 7.67. The molecular formula is C20H29N5. The topological polar surface area (TPSA) is 46.0 Å². The second kappa shape index (κ2) is 6.89. The first-order valence-electron chi connectivity index (χ1n) is 9.56.